The summed E-state index contributed by atoms with van der Waals surface area (Å²) in [6, 6.07) is 7.73. The van der Waals surface area contributed by atoms with Crippen LogP contribution in [0.4, 0.5) is 0 Å². The van der Waals surface area contributed by atoms with Crippen molar-refractivity contribution in [3.05, 3.63) is 35.4 Å². The van der Waals surface area contributed by atoms with E-state index < -0.39 is 0 Å². The molecule has 5 heteroatoms. The molecule has 0 aromatic heterocycles. The highest BCUT2D eigenvalue weighted by molar-refractivity contribution is 5.96. The van der Waals surface area contributed by atoms with Crippen molar-refractivity contribution in [3.8, 4) is 0 Å². The van der Waals surface area contributed by atoms with E-state index in [1.807, 2.05) is 41.0 Å². The van der Waals surface area contributed by atoms with Crippen LogP contribution in [0.1, 0.15) is 41.6 Å². The first kappa shape index (κ1) is 17.5. The Balaban J connectivity index is 1.60. The Morgan fingerprint density at radius 3 is 2.46 bits per heavy atom. The molecule has 1 aromatic carbocycles. The molecule has 4 rings (SSSR count). The number of carbonyl (C=O) groups is 2. The van der Waals surface area contributed by atoms with Crippen LogP contribution >= 0.6 is 0 Å². The number of amides is 2. The standard InChI is InChI=1S/C21H28N2O3/c1-16-6-2-3-7-17(16)19(24)23-14-18(20(25)22-10-4-5-11-22)21(15-23)8-12-26-13-9-21/h2-3,6-7,18H,4-5,8-15H2,1H3. The van der Waals surface area contributed by atoms with E-state index in [0.717, 1.165) is 49.9 Å². The zero-order chi connectivity index (χ0) is 18.1. The summed E-state index contributed by atoms with van der Waals surface area (Å²) in [4.78, 5) is 30.3. The number of hydrogen-bond acceptors (Lipinski definition) is 3. The average molecular weight is 356 g/mol. The van der Waals surface area contributed by atoms with Crippen molar-refractivity contribution in [2.75, 3.05) is 39.4 Å². The quantitative estimate of drug-likeness (QED) is 0.818. The van der Waals surface area contributed by atoms with Gasteiger partial charge in [0.15, 0.2) is 0 Å². The van der Waals surface area contributed by atoms with Crippen molar-refractivity contribution in [1.29, 1.82) is 0 Å². The number of ether oxygens (including phenoxy) is 1. The molecule has 0 saturated carbocycles. The molecule has 2 amide bonds. The maximum atomic E-state index is 13.2. The van der Waals surface area contributed by atoms with E-state index in [4.69, 9.17) is 4.74 Å². The zero-order valence-corrected chi connectivity index (χ0v) is 15.6. The molecular weight excluding hydrogens is 328 g/mol. The van der Waals surface area contributed by atoms with Gasteiger partial charge >= 0.3 is 0 Å². The summed E-state index contributed by atoms with van der Waals surface area (Å²) in [5.74, 6) is 0.229. The first-order valence-corrected chi connectivity index (χ1v) is 9.82. The third kappa shape index (κ3) is 3.02. The molecule has 0 N–H and O–H groups in total. The van der Waals surface area contributed by atoms with E-state index >= 15 is 0 Å². The van der Waals surface area contributed by atoms with Crippen LogP contribution in [0.2, 0.25) is 0 Å². The largest absolute Gasteiger partial charge is 0.381 e. The van der Waals surface area contributed by atoms with E-state index in [0.29, 0.717) is 26.3 Å². The van der Waals surface area contributed by atoms with Crippen molar-refractivity contribution in [2.45, 2.75) is 32.6 Å². The summed E-state index contributed by atoms with van der Waals surface area (Å²) >= 11 is 0. The van der Waals surface area contributed by atoms with Gasteiger partial charge in [0.25, 0.3) is 5.91 Å². The second-order valence-corrected chi connectivity index (χ2v) is 8.06. The molecule has 3 heterocycles. The minimum Gasteiger partial charge on any atom is -0.381 e. The molecule has 0 radical (unpaired) electrons. The highest BCUT2D eigenvalue weighted by Crippen LogP contribution is 2.45. The van der Waals surface area contributed by atoms with Gasteiger partial charge in [-0.15, -0.1) is 0 Å². The van der Waals surface area contributed by atoms with Gasteiger partial charge in [-0.25, -0.2) is 0 Å². The number of benzene rings is 1. The molecule has 5 nitrogen and oxygen atoms in total. The molecule has 0 bridgehead atoms. The molecule has 3 fully saturated rings. The lowest BCUT2D eigenvalue weighted by molar-refractivity contribution is -0.139. The predicted molar refractivity (Wildman–Crippen MR) is 98.9 cm³/mol. The molecule has 3 aliphatic heterocycles. The summed E-state index contributed by atoms with van der Waals surface area (Å²) in [7, 11) is 0. The van der Waals surface area contributed by atoms with Gasteiger partial charge < -0.3 is 14.5 Å². The molecule has 0 aliphatic carbocycles. The third-order valence-electron chi connectivity index (χ3n) is 6.52. The van der Waals surface area contributed by atoms with Gasteiger partial charge in [-0.2, -0.15) is 0 Å². The Hall–Kier alpha value is -1.88. The van der Waals surface area contributed by atoms with Crippen molar-refractivity contribution in [1.82, 2.24) is 9.80 Å². The smallest absolute Gasteiger partial charge is 0.254 e. The maximum absolute atomic E-state index is 13.2. The second kappa shape index (κ2) is 7.03. The molecule has 3 saturated heterocycles. The van der Waals surface area contributed by atoms with E-state index in [2.05, 4.69) is 0 Å². The van der Waals surface area contributed by atoms with Crippen molar-refractivity contribution in [2.24, 2.45) is 11.3 Å². The van der Waals surface area contributed by atoms with Gasteiger partial charge in [0.05, 0.1) is 5.92 Å². The summed E-state index contributed by atoms with van der Waals surface area (Å²) < 4.78 is 5.58. The SMILES string of the molecule is Cc1ccccc1C(=O)N1CC(C(=O)N2CCCC2)C2(CCOCC2)C1. The van der Waals surface area contributed by atoms with Crippen LogP contribution in [0, 0.1) is 18.3 Å². The highest BCUT2D eigenvalue weighted by Gasteiger charge is 2.52. The van der Waals surface area contributed by atoms with Gasteiger partial charge in [0.2, 0.25) is 5.91 Å². The molecule has 3 aliphatic rings. The Kier molecular flexibility index (Phi) is 4.74. The molecule has 1 atom stereocenters. The number of likely N-dealkylation sites (tertiary alicyclic amines) is 2. The number of nitrogens with zero attached hydrogens (tertiary/aromatic N) is 2. The Morgan fingerprint density at radius 2 is 1.77 bits per heavy atom. The van der Waals surface area contributed by atoms with E-state index in [-0.39, 0.29) is 23.1 Å². The third-order valence-corrected chi connectivity index (χ3v) is 6.52. The van der Waals surface area contributed by atoms with Crippen LogP contribution in [0.3, 0.4) is 0 Å². The van der Waals surface area contributed by atoms with Crippen LogP contribution < -0.4 is 0 Å². The number of aryl methyl sites for hydroxylation is 1. The molecule has 26 heavy (non-hydrogen) atoms. The van der Waals surface area contributed by atoms with Gasteiger partial charge in [-0.05, 0) is 44.2 Å². The molecular formula is C21H28N2O3. The van der Waals surface area contributed by atoms with Gasteiger partial charge in [0, 0.05) is 50.4 Å². The molecule has 1 aromatic rings. The van der Waals surface area contributed by atoms with Crippen LogP contribution in [-0.2, 0) is 9.53 Å². The minimum atomic E-state index is -0.115. The fraction of sp³-hybridized carbons (Fsp3) is 0.619. The fourth-order valence-corrected chi connectivity index (χ4v) is 4.89. The fourth-order valence-electron chi connectivity index (χ4n) is 4.89. The van der Waals surface area contributed by atoms with Crippen LogP contribution in [0.5, 0.6) is 0 Å². The topological polar surface area (TPSA) is 49.9 Å². The van der Waals surface area contributed by atoms with Gasteiger partial charge in [-0.1, -0.05) is 18.2 Å². The monoisotopic (exact) mass is 356 g/mol. The number of carbonyl (C=O) groups excluding carboxylic acids is 2. The molecule has 1 spiro atoms. The number of rotatable bonds is 2. The molecule has 1 unspecified atom stereocenters. The lowest BCUT2D eigenvalue weighted by Crippen LogP contribution is -2.45. The first-order valence-electron chi connectivity index (χ1n) is 9.82. The minimum absolute atomic E-state index is 0.0608. The Bertz CT molecular complexity index is 690. The van der Waals surface area contributed by atoms with Crippen molar-refractivity contribution >= 4 is 11.8 Å². The Morgan fingerprint density at radius 1 is 1.08 bits per heavy atom. The van der Waals surface area contributed by atoms with E-state index in [1.54, 1.807) is 0 Å². The predicted octanol–water partition coefficient (Wildman–Crippen LogP) is 2.49. The zero-order valence-electron chi connectivity index (χ0n) is 15.6. The lowest BCUT2D eigenvalue weighted by Gasteiger charge is -2.38. The van der Waals surface area contributed by atoms with Crippen LogP contribution in [0.25, 0.3) is 0 Å². The summed E-state index contributed by atoms with van der Waals surface area (Å²) in [6.07, 6.45) is 3.93. The normalized spacial score (nSPS) is 25.0. The summed E-state index contributed by atoms with van der Waals surface area (Å²) in [6.45, 7) is 6.31. The Labute approximate surface area is 155 Å². The highest BCUT2D eigenvalue weighted by atomic mass is 16.5. The van der Waals surface area contributed by atoms with Crippen molar-refractivity contribution in [3.63, 3.8) is 0 Å². The summed E-state index contributed by atoms with van der Waals surface area (Å²) in [5, 5.41) is 0. The maximum Gasteiger partial charge on any atom is 0.254 e. The number of hydrogen-bond donors (Lipinski definition) is 0. The van der Waals surface area contributed by atoms with Crippen LogP contribution in [-0.4, -0.2) is 61.0 Å². The van der Waals surface area contributed by atoms with E-state index in [1.165, 1.54) is 0 Å². The molecule has 140 valence electrons. The van der Waals surface area contributed by atoms with E-state index in [9.17, 15) is 9.59 Å². The summed E-state index contributed by atoms with van der Waals surface area (Å²) in [5.41, 5.74) is 1.63. The average Bonchev–Trinajstić information content (AvgIpc) is 3.31. The second-order valence-electron chi connectivity index (χ2n) is 8.06. The lowest BCUT2D eigenvalue weighted by atomic mass is 9.71. The van der Waals surface area contributed by atoms with Gasteiger partial charge in [-0.3, -0.25) is 9.59 Å². The van der Waals surface area contributed by atoms with Gasteiger partial charge in [0.1, 0.15) is 0 Å². The van der Waals surface area contributed by atoms with Crippen molar-refractivity contribution < 1.29 is 14.3 Å². The van der Waals surface area contributed by atoms with Crippen LogP contribution in [0.15, 0.2) is 24.3 Å². The first-order chi connectivity index (χ1) is 12.6.